The van der Waals surface area contributed by atoms with E-state index in [9.17, 15) is 4.79 Å². The van der Waals surface area contributed by atoms with Crippen LogP contribution in [0.2, 0.25) is 0 Å². The van der Waals surface area contributed by atoms with E-state index in [0.29, 0.717) is 17.7 Å². The zero-order chi connectivity index (χ0) is 16.5. The number of carbonyl (C=O) groups is 1. The normalized spacial score (nSPS) is 28.0. The molecule has 0 aromatic carbocycles. The van der Waals surface area contributed by atoms with E-state index in [-0.39, 0.29) is 5.91 Å². The van der Waals surface area contributed by atoms with Crippen LogP contribution in [0.4, 0.5) is 0 Å². The van der Waals surface area contributed by atoms with E-state index in [4.69, 9.17) is 4.52 Å². The van der Waals surface area contributed by atoms with Crippen LogP contribution in [0.25, 0.3) is 0 Å². The van der Waals surface area contributed by atoms with Crippen LogP contribution in [0.15, 0.2) is 10.6 Å². The number of hydrogen-bond acceptors (Lipinski definition) is 4. The fourth-order valence-electron chi connectivity index (χ4n) is 4.52. The Morgan fingerprint density at radius 1 is 1.25 bits per heavy atom. The molecular formula is C19H29N3O2. The van der Waals surface area contributed by atoms with Gasteiger partial charge >= 0.3 is 0 Å². The van der Waals surface area contributed by atoms with E-state index in [1.807, 2.05) is 11.0 Å². The maximum Gasteiger partial charge on any atom is 0.276 e. The average molecular weight is 331 g/mol. The highest BCUT2D eigenvalue weighted by Gasteiger charge is 2.38. The van der Waals surface area contributed by atoms with Crippen molar-refractivity contribution in [3.8, 4) is 0 Å². The van der Waals surface area contributed by atoms with Crippen LogP contribution in [0.1, 0.15) is 61.7 Å². The van der Waals surface area contributed by atoms with Gasteiger partial charge < -0.3 is 9.42 Å². The number of fused-ring (bicyclic) bond motifs is 4. The number of aryl methyl sites for hydroxylation is 1. The topological polar surface area (TPSA) is 49.6 Å². The standard InChI is InChI=1S/C19H29N3O2/c1-2-4-17-9-18(20-24-17)19(23)22-12-15-7-8-16(13-22)21(11-15)10-14-5-3-6-14/h9,14-16H,2-8,10-13H2,1H3/t15-,16-/m1/s1. The van der Waals surface area contributed by atoms with Crippen molar-refractivity contribution in [3.63, 3.8) is 0 Å². The first-order valence-corrected chi connectivity index (χ1v) is 9.72. The summed E-state index contributed by atoms with van der Waals surface area (Å²) in [7, 11) is 0. The zero-order valence-corrected chi connectivity index (χ0v) is 14.7. The minimum absolute atomic E-state index is 0.0588. The molecule has 4 fully saturated rings. The number of piperidine rings is 1. The fraction of sp³-hybridized carbons (Fsp3) is 0.789. The summed E-state index contributed by atoms with van der Waals surface area (Å²) in [4.78, 5) is 17.6. The fourth-order valence-corrected chi connectivity index (χ4v) is 4.52. The zero-order valence-electron chi connectivity index (χ0n) is 14.7. The van der Waals surface area contributed by atoms with Crippen LogP contribution in [-0.4, -0.2) is 53.1 Å². The third kappa shape index (κ3) is 3.23. The lowest BCUT2D eigenvalue weighted by Crippen LogP contribution is -2.47. The summed E-state index contributed by atoms with van der Waals surface area (Å²) in [5.74, 6) is 2.41. The Labute approximate surface area is 144 Å². The van der Waals surface area contributed by atoms with Crippen molar-refractivity contribution < 1.29 is 9.32 Å². The molecule has 0 N–H and O–H groups in total. The van der Waals surface area contributed by atoms with Gasteiger partial charge in [-0.3, -0.25) is 9.69 Å². The maximum atomic E-state index is 12.9. The molecule has 1 saturated carbocycles. The quantitative estimate of drug-likeness (QED) is 0.832. The minimum atomic E-state index is 0.0588. The van der Waals surface area contributed by atoms with Gasteiger partial charge in [-0.15, -0.1) is 0 Å². The lowest BCUT2D eigenvalue weighted by Gasteiger charge is -2.40. The highest BCUT2D eigenvalue weighted by molar-refractivity contribution is 5.92. The molecule has 3 saturated heterocycles. The van der Waals surface area contributed by atoms with Gasteiger partial charge in [-0.25, -0.2) is 0 Å². The van der Waals surface area contributed by atoms with Crippen molar-refractivity contribution in [1.82, 2.24) is 15.0 Å². The predicted octanol–water partition coefficient (Wildman–Crippen LogP) is 2.96. The van der Waals surface area contributed by atoms with Crippen LogP contribution >= 0.6 is 0 Å². The van der Waals surface area contributed by atoms with E-state index in [1.54, 1.807) is 0 Å². The van der Waals surface area contributed by atoms with E-state index in [1.165, 1.54) is 45.2 Å². The Kier molecular flexibility index (Phi) is 4.61. The summed E-state index contributed by atoms with van der Waals surface area (Å²) < 4.78 is 5.31. The molecule has 132 valence electrons. The predicted molar refractivity (Wildman–Crippen MR) is 91.8 cm³/mol. The molecular weight excluding hydrogens is 302 g/mol. The number of rotatable bonds is 5. The van der Waals surface area contributed by atoms with Gasteiger partial charge in [0.25, 0.3) is 5.91 Å². The van der Waals surface area contributed by atoms with Gasteiger partial charge in [-0.05, 0) is 43.9 Å². The van der Waals surface area contributed by atoms with Gasteiger partial charge in [0.1, 0.15) is 5.76 Å². The average Bonchev–Trinajstić information content (AvgIpc) is 2.82. The van der Waals surface area contributed by atoms with Crippen molar-refractivity contribution in [2.45, 2.75) is 57.9 Å². The van der Waals surface area contributed by atoms with Gasteiger partial charge in [-0.1, -0.05) is 18.5 Å². The Hall–Kier alpha value is -1.36. The highest BCUT2D eigenvalue weighted by Crippen LogP contribution is 2.33. The number of nitrogens with zero attached hydrogens (tertiary/aromatic N) is 3. The molecule has 1 aromatic heterocycles. The summed E-state index contributed by atoms with van der Waals surface area (Å²) in [6, 6.07) is 2.38. The second-order valence-electron chi connectivity index (χ2n) is 7.99. The maximum absolute atomic E-state index is 12.9. The summed E-state index contributed by atoms with van der Waals surface area (Å²) in [5, 5.41) is 4.02. The van der Waals surface area contributed by atoms with Crippen molar-refractivity contribution in [3.05, 3.63) is 17.5 Å². The van der Waals surface area contributed by atoms with Crippen molar-refractivity contribution in [1.29, 1.82) is 0 Å². The molecule has 0 spiro atoms. The molecule has 0 unspecified atom stereocenters. The van der Waals surface area contributed by atoms with E-state index in [0.717, 1.165) is 37.6 Å². The molecule has 1 amide bonds. The van der Waals surface area contributed by atoms with E-state index >= 15 is 0 Å². The van der Waals surface area contributed by atoms with Crippen molar-refractivity contribution >= 4 is 5.91 Å². The molecule has 5 nitrogen and oxygen atoms in total. The van der Waals surface area contributed by atoms with Gasteiger partial charge in [-0.2, -0.15) is 0 Å². The number of aromatic nitrogens is 1. The smallest absolute Gasteiger partial charge is 0.276 e. The molecule has 4 heterocycles. The summed E-state index contributed by atoms with van der Waals surface area (Å²) in [6.07, 6.45) is 8.55. The first-order valence-electron chi connectivity index (χ1n) is 9.72. The summed E-state index contributed by atoms with van der Waals surface area (Å²) in [6.45, 7) is 6.26. The van der Waals surface area contributed by atoms with E-state index < -0.39 is 0 Å². The van der Waals surface area contributed by atoms with Gasteiger partial charge in [0, 0.05) is 44.7 Å². The van der Waals surface area contributed by atoms with Crippen molar-refractivity contribution in [2.75, 3.05) is 26.2 Å². The number of hydrogen-bond donors (Lipinski definition) is 0. The monoisotopic (exact) mass is 331 g/mol. The molecule has 1 aliphatic carbocycles. The molecule has 2 atom stereocenters. The van der Waals surface area contributed by atoms with Crippen LogP contribution in [-0.2, 0) is 6.42 Å². The van der Waals surface area contributed by atoms with Gasteiger partial charge in [0.2, 0.25) is 0 Å². The van der Waals surface area contributed by atoms with Gasteiger partial charge in [0.15, 0.2) is 5.69 Å². The Balaban J connectivity index is 1.43. The lowest BCUT2D eigenvalue weighted by atomic mass is 9.83. The first-order chi connectivity index (χ1) is 11.7. The van der Waals surface area contributed by atoms with Crippen LogP contribution < -0.4 is 0 Å². The third-order valence-electron chi connectivity index (χ3n) is 6.11. The molecule has 5 rings (SSSR count). The van der Waals surface area contributed by atoms with Crippen molar-refractivity contribution in [2.24, 2.45) is 11.8 Å². The van der Waals surface area contributed by atoms with Crippen LogP contribution in [0, 0.1) is 11.8 Å². The second-order valence-corrected chi connectivity index (χ2v) is 7.99. The largest absolute Gasteiger partial charge is 0.361 e. The molecule has 3 aliphatic heterocycles. The van der Waals surface area contributed by atoms with E-state index in [2.05, 4.69) is 17.0 Å². The molecule has 1 aromatic rings. The molecule has 0 radical (unpaired) electrons. The molecule has 2 bridgehead atoms. The summed E-state index contributed by atoms with van der Waals surface area (Å²) >= 11 is 0. The van der Waals surface area contributed by atoms with Crippen LogP contribution in [0.5, 0.6) is 0 Å². The highest BCUT2D eigenvalue weighted by atomic mass is 16.5. The lowest BCUT2D eigenvalue weighted by molar-refractivity contribution is 0.0708. The first kappa shape index (κ1) is 16.1. The molecule has 24 heavy (non-hydrogen) atoms. The molecule has 5 heteroatoms. The van der Waals surface area contributed by atoms with Gasteiger partial charge in [0.05, 0.1) is 0 Å². The Bertz CT molecular complexity index is 581. The van der Waals surface area contributed by atoms with Crippen LogP contribution in [0.3, 0.4) is 0 Å². The molecule has 4 aliphatic rings. The third-order valence-corrected chi connectivity index (χ3v) is 6.11. The SMILES string of the molecule is CCCc1cc(C(=O)N2C[C@@H]3CC[C@H](C2)N(CC2CCC2)C3)no1. The Morgan fingerprint density at radius 3 is 2.88 bits per heavy atom. The Morgan fingerprint density at radius 2 is 2.12 bits per heavy atom. The minimum Gasteiger partial charge on any atom is -0.361 e. The summed E-state index contributed by atoms with van der Waals surface area (Å²) in [5.41, 5.74) is 0.491. The number of amides is 1. The number of carbonyl (C=O) groups excluding carboxylic acids is 1. The second kappa shape index (κ2) is 6.87.